The summed E-state index contributed by atoms with van der Waals surface area (Å²) in [6.45, 7) is 5.64. The number of hydrogen-bond acceptors (Lipinski definition) is 5. The van der Waals surface area contributed by atoms with E-state index in [2.05, 4.69) is 6.58 Å². The summed E-state index contributed by atoms with van der Waals surface area (Å²) in [5.41, 5.74) is -0.377. The molecule has 0 saturated carbocycles. The summed E-state index contributed by atoms with van der Waals surface area (Å²) in [5.74, 6) is -0.427. The summed E-state index contributed by atoms with van der Waals surface area (Å²) in [7, 11) is 1.59. The molecular weight excluding hydrogens is 510 g/mol. The van der Waals surface area contributed by atoms with Gasteiger partial charge in [0.25, 0.3) is 0 Å². The molecule has 0 amide bonds. The second kappa shape index (κ2) is 7.29. The summed E-state index contributed by atoms with van der Waals surface area (Å²) in [6, 6.07) is 8.80. The Bertz CT molecular complexity index is 525. The number of carbonyl (C=O) groups is 1. The zero-order valence-electron chi connectivity index (χ0n) is 12.2. The molecule has 0 aliphatic carbocycles. The third kappa shape index (κ3) is 2.91. The van der Waals surface area contributed by atoms with E-state index in [1.54, 1.807) is 44.1 Å². The zero-order chi connectivity index (χ0) is 14.9. The van der Waals surface area contributed by atoms with Crippen LogP contribution in [0.4, 0.5) is 0 Å². The average molecular weight is 527 g/mol. The molecule has 0 radical (unpaired) electrons. The first-order valence-electron chi connectivity index (χ1n) is 6.75. The van der Waals surface area contributed by atoms with Gasteiger partial charge in [0.15, 0.2) is 6.10 Å². The Labute approximate surface area is 153 Å². The molecule has 2 aliphatic rings. The van der Waals surface area contributed by atoms with Crippen molar-refractivity contribution >= 4 is 5.97 Å². The van der Waals surface area contributed by atoms with Gasteiger partial charge in [-0.25, -0.2) is 4.79 Å². The molecule has 0 spiro atoms. The van der Waals surface area contributed by atoms with E-state index in [4.69, 9.17) is 18.9 Å². The molecule has 0 unspecified atom stereocenters. The van der Waals surface area contributed by atoms with Gasteiger partial charge in [0.1, 0.15) is 5.60 Å². The number of esters is 1. The van der Waals surface area contributed by atoms with E-state index in [1.807, 2.05) is 6.07 Å². The maximum atomic E-state index is 12.2. The van der Waals surface area contributed by atoms with Gasteiger partial charge in [0.05, 0.1) is 18.3 Å². The molecule has 22 heavy (non-hydrogen) atoms. The van der Waals surface area contributed by atoms with Gasteiger partial charge in [0, 0.05) is 38.2 Å². The van der Waals surface area contributed by atoms with Gasteiger partial charge in [-0.15, -0.1) is 0 Å². The normalized spacial score (nSPS) is 30.4. The molecule has 6 heteroatoms. The first-order valence-corrected chi connectivity index (χ1v) is 6.75. The van der Waals surface area contributed by atoms with Crippen LogP contribution in [0.1, 0.15) is 10.4 Å². The minimum Gasteiger partial charge on any atom is -0.538 e. The quantitative estimate of drug-likeness (QED) is 0.332. The number of rotatable bonds is 5. The van der Waals surface area contributed by atoms with Crippen LogP contribution in [0.3, 0.4) is 0 Å². The number of hydrogen-bond donors (Lipinski definition) is 0. The van der Waals surface area contributed by atoms with E-state index in [-0.39, 0.29) is 43.3 Å². The summed E-state index contributed by atoms with van der Waals surface area (Å²) in [4.78, 5) is 12.2. The molecule has 2 heterocycles. The third-order valence-corrected chi connectivity index (χ3v) is 3.90. The number of methoxy groups -OCH3 is 1. The smallest absolute Gasteiger partial charge is 0.338 e. The maximum Gasteiger partial charge on any atom is 0.338 e. The van der Waals surface area contributed by atoms with Gasteiger partial charge in [0.2, 0.25) is 0 Å². The molecule has 1 aromatic rings. The van der Waals surface area contributed by atoms with E-state index >= 15 is 0 Å². The fourth-order valence-electron chi connectivity index (χ4n) is 2.83. The van der Waals surface area contributed by atoms with Crippen LogP contribution in [0.15, 0.2) is 43.0 Å². The Morgan fingerprint density at radius 1 is 1.50 bits per heavy atom. The largest absolute Gasteiger partial charge is 0.538 e. The van der Waals surface area contributed by atoms with E-state index in [9.17, 15) is 4.79 Å². The van der Waals surface area contributed by atoms with Crippen LogP contribution in [-0.2, 0) is 18.9 Å². The fourth-order valence-corrected chi connectivity index (χ4v) is 2.83. The molecule has 116 valence electrons. The number of ether oxygens (including phenoxy) is 4. The molecule has 2 bridgehead atoms. The first-order chi connectivity index (χ1) is 10.2. The van der Waals surface area contributed by atoms with Gasteiger partial charge in [-0.2, -0.15) is 6.61 Å². The molecule has 0 aromatic heterocycles. The number of benzene rings is 1. The molecule has 0 N–H and O–H groups in total. The predicted molar refractivity (Wildman–Crippen MR) is 74.5 cm³/mol. The van der Waals surface area contributed by atoms with Gasteiger partial charge in [-0.05, 0) is 24.3 Å². The summed E-state index contributed by atoms with van der Waals surface area (Å²) < 4.78 is 22.3. The standard InChI is InChI=1S/C16H17O5.U/c1-3-13(21-15(17)11-7-5-4-6-8-11)16-10-19-12(9-20-16)14(16)18-2;/h3-9,12-14H,1,10H2,2H3;/q-1;/t12-,13-,14-,16+;/m0./s1. The minimum absolute atomic E-state index is 0. The predicted octanol–water partition coefficient (Wildman–Crippen LogP) is 1.74. The maximum absolute atomic E-state index is 12.2. The zero-order valence-corrected chi connectivity index (χ0v) is 16.4. The van der Waals surface area contributed by atoms with Crippen LogP contribution in [0.2, 0.25) is 0 Å². The molecule has 4 atom stereocenters. The summed E-state index contributed by atoms with van der Waals surface area (Å²) in [6.07, 6.45) is 0.341. The van der Waals surface area contributed by atoms with Crippen molar-refractivity contribution in [3.63, 3.8) is 0 Å². The Morgan fingerprint density at radius 3 is 2.77 bits per heavy atom. The van der Waals surface area contributed by atoms with Crippen molar-refractivity contribution in [1.82, 2.24) is 0 Å². The molecule has 2 aliphatic heterocycles. The van der Waals surface area contributed by atoms with Crippen molar-refractivity contribution in [3.8, 4) is 0 Å². The van der Waals surface area contributed by atoms with Crippen molar-refractivity contribution in [3.05, 3.63) is 55.2 Å². The molecular formula is C16H17O5U-. The Morgan fingerprint density at radius 2 is 2.23 bits per heavy atom. The van der Waals surface area contributed by atoms with Crippen LogP contribution in [0.25, 0.3) is 0 Å². The third-order valence-electron chi connectivity index (χ3n) is 3.90. The van der Waals surface area contributed by atoms with E-state index in [0.717, 1.165) is 0 Å². The SMILES string of the molecule is C=C[C@H](OC(=O)c1ccccc1)[C@@]12CO[C@@H]([CH-]O1)[C@@H]2OC.[U]. The second-order valence-corrected chi connectivity index (χ2v) is 5.07. The number of carbonyl (C=O) groups excluding carboxylic acids is 1. The van der Waals surface area contributed by atoms with Gasteiger partial charge < -0.3 is 18.9 Å². The monoisotopic (exact) mass is 527 g/mol. The Kier molecular flexibility index (Phi) is 5.87. The first kappa shape index (κ1) is 17.7. The van der Waals surface area contributed by atoms with Crippen LogP contribution in [0.5, 0.6) is 0 Å². The average Bonchev–Trinajstić information content (AvgIpc) is 3.08. The summed E-state index contributed by atoms with van der Waals surface area (Å²) in [5, 5.41) is 0. The van der Waals surface area contributed by atoms with Crippen LogP contribution < -0.4 is 0 Å². The van der Waals surface area contributed by atoms with Gasteiger partial charge in [-0.1, -0.05) is 24.8 Å². The van der Waals surface area contributed by atoms with Gasteiger partial charge >= 0.3 is 5.97 Å². The van der Waals surface area contributed by atoms with Crippen molar-refractivity contribution in [2.45, 2.75) is 23.9 Å². The summed E-state index contributed by atoms with van der Waals surface area (Å²) >= 11 is 0. The van der Waals surface area contributed by atoms with Crippen LogP contribution >= 0.6 is 0 Å². The number of fused-ring (bicyclic) bond motifs is 2. The van der Waals surface area contributed by atoms with E-state index in [0.29, 0.717) is 12.2 Å². The molecule has 5 nitrogen and oxygen atoms in total. The van der Waals surface area contributed by atoms with Crippen molar-refractivity contribution in [1.29, 1.82) is 0 Å². The Hall–Kier alpha value is -0.638. The molecule has 3 rings (SSSR count). The van der Waals surface area contributed by atoms with E-state index < -0.39 is 17.7 Å². The van der Waals surface area contributed by atoms with Crippen molar-refractivity contribution in [2.75, 3.05) is 13.7 Å². The van der Waals surface area contributed by atoms with Crippen molar-refractivity contribution in [2.24, 2.45) is 0 Å². The van der Waals surface area contributed by atoms with Crippen LogP contribution in [0, 0.1) is 37.7 Å². The van der Waals surface area contributed by atoms with Gasteiger partial charge in [-0.3, -0.25) is 0 Å². The topological polar surface area (TPSA) is 54.0 Å². The van der Waals surface area contributed by atoms with Crippen LogP contribution in [-0.4, -0.2) is 43.6 Å². The molecule has 2 fully saturated rings. The second-order valence-electron chi connectivity index (χ2n) is 5.07. The fraction of sp³-hybridized carbons (Fsp3) is 0.375. The van der Waals surface area contributed by atoms with E-state index in [1.165, 1.54) is 0 Å². The van der Waals surface area contributed by atoms with Crippen molar-refractivity contribution < 1.29 is 54.9 Å². The molecule has 1 aromatic carbocycles. The minimum atomic E-state index is -0.856. The Balaban J connectivity index is 0.00000176. The molecule has 2 saturated heterocycles.